The average Bonchev–Trinajstić information content (AvgIpc) is 3.39. The molecular formula is C27H28BrN3O5S. The van der Waals surface area contributed by atoms with Crippen LogP contribution in [0.3, 0.4) is 0 Å². The Balaban J connectivity index is 1.76. The minimum absolute atomic E-state index is 0.160. The summed E-state index contributed by atoms with van der Waals surface area (Å²) >= 11 is 4.74. The summed E-state index contributed by atoms with van der Waals surface area (Å²) in [4.78, 5) is 31.8. The summed E-state index contributed by atoms with van der Waals surface area (Å²) in [5.74, 6) is 1.34. The first-order valence-electron chi connectivity index (χ1n) is 11.7. The number of aromatic nitrogens is 2. The number of aryl methyl sites for hydroxylation is 2. The molecule has 8 nitrogen and oxygen atoms in total. The quantitative estimate of drug-likeness (QED) is 0.192. The number of carbonyl (C=O) groups excluding carboxylic acids is 1. The Hall–Kier alpha value is -3.24. The molecule has 0 bridgehead atoms. The SMILES string of the molecule is CC[C@@H](Sc1nc2cc(OC)c(OC)cc2c(=O)n1Cc1ccco1)C(=O)Nc1c(C)cc(Br)cc1C. The molecule has 0 saturated carbocycles. The van der Waals surface area contributed by atoms with Crippen LogP contribution in [-0.2, 0) is 11.3 Å². The molecule has 37 heavy (non-hydrogen) atoms. The van der Waals surface area contributed by atoms with Gasteiger partial charge in [-0.05, 0) is 61.7 Å². The van der Waals surface area contributed by atoms with Crippen molar-refractivity contribution in [1.29, 1.82) is 0 Å². The molecule has 4 rings (SSSR count). The number of amides is 1. The lowest BCUT2D eigenvalue weighted by Crippen LogP contribution is -2.29. The number of fused-ring (bicyclic) bond motifs is 1. The van der Waals surface area contributed by atoms with E-state index >= 15 is 0 Å². The fraction of sp³-hybridized carbons (Fsp3) is 0.296. The Labute approximate surface area is 227 Å². The first-order chi connectivity index (χ1) is 17.7. The van der Waals surface area contributed by atoms with Crippen molar-refractivity contribution in [1.82, 2.24) is 9.55 Å². The minimum atomic E-state index is -0.491. The molecular weight excluding hydrogens is 558 g/mol. The molecule has 2 heterocycles. The molecule has 0 fully saturated rings. The van der Waals surface area contributed by atoms with Crippen molar-refractivity contribution in [3.8, 4) is 11.5 Å². The Morgan fingerprint density at radius 3 is 2.43 bits per heavy atom. The molecule has 1 amide bonds. The molecule has 1 atom stereocenters. The molecule has 0 aliphatic carbocycles. The number of rotatable bonds is 9. The third kappa shape index (κ3) is 5.70. The second-order valence-electron chi connectivity index (χ2n) is 8.51. The van der Waals surface area contributed by atoms with Gasteiger partial charge in [-0.25, -0.2) is 4.98 Å². The van der Waals surface area contributed by atoms with Crippen molar-refractivity contribution in [2.75, 3.05) is 19.5 Å². The highest BCUT2D eigenvalue weighted by Gasteiger charge is 2.24. The van der Waals surface area contributed by atoms with Gasteiger partial charge in [0.1, 0.15) is 5.76 Å². The molecule has 0 aliphatic heterocycles. The summed E-state index contributed by atoms with van der Waals surface area (Å²) in [7, 11) is 3.04. The third-order valence-corrected chi connectivity index (χ3v) is 7.79. The number of carbonyl (C=O) groups is 1. The largest absolute Gasteiger partial charge is 0.493 e. The van der Waals surface area contributed by atoms with Gasteiger partial charge in [-0.1, -0.05) is 34.6 Å². The summed E-state index contributed by atoms with van der Waals surface area (Å²) < 4.78 is 18.8. The monoisotopic (exact) mass is 585 g/mol. The Morgan fingerprint density at radius 2 is 1.84 bits per heavy atom. The van der Waals surface area contributed by atoms with Gasteiger partial charge in [-0.15, -0.1) is 0 Å². The van der Waals surface area contributed by atoms with Crippen molar-refractivity contribution in [2.45, 2.75) is 44.1 Å². The Bertz CT molecular complexity index is 1480. The van der Waals surface area contributed by atoms with E-state index in [1.165, 1.54) is 30.5 Å². The number of benzene rings is 2. The number of nitrogens with one attached hydrogen (secondary N) is 1. The van der Waals surface area contributed by atoms with Gasteiger partial charge in [0.15, 0.2) is 16.7 Å². The van der Waals surface area contributed by atoms with Crippen molar-refractivity contribution in [3.63, 3.8) is 0 Å². The zero-order valence-electron chi connectivity index (χ0n) is 21.3. The summed E-state index contributed by atoms with van der Waals surface area (Å²) in [6.45, 7) is 6.01. The predicted octanol–water partition coefficient (Wildman–Crippen LogP) is 5.94. The van der Waals surface area contributed by atoms with Crippen LogP contribution in [0.15, 0.2) is 61.5 Å². The van der Waals surface area contributed by atoms with E-state index in [2.05, 4.69) is 21.2 Å². The minimum Gasteiger partial charge on any atom is -0.493 e. The van der Waals surface area contributed by atoms with Crippen LogP contribution < -0.4 is 20.3 Å². The highest BCUT2D eigenvalue weighted by atomic mass is 79.9. The predicted molar refractivity (Wildman–Crippen MR) is 149 cm³/mol. The lowest BCUT2D eigenvalue weighted by atomic mass is 10.1. The lowest BCUT2D eigenvalue weighted by molar-refractivity contribution is -0.115. The fourth-order valence-corrected chi connectivity index (χ4v) is 5.78. The summed E-state index contributed by atoms with van der Waals surface area (Å²) in [5.41, 5.74) is 2.89. The van der Waals surface area contributed by atoms with E-state index in [0.717, 1.165) is 21.3 Å². The van der Waals surface area contributed by atoms with Crippen LogP contribution in [0.1, 0.15) is 30.2 Å². The van der Waals surface area contributed by atoms with Crippen LogP contribution in [0.25, 0.3) is 10.9 Å². The first kappa shape index (κ1) is 26.8. The summed E-state index contributed by atoms with van der Waals surface area (Å²) in [6, 6.07) is 10.8. The van der Waals surface area contributed by atoms with Gasteiger partial charge < -0.3 is 19.2 Å². The number of ether oxygens (including phenoxy) is 2. The lowest BCUT2D eigenvalue weighted by Gasteiger charge is -2.19. The zero-order chi connectivity index (χ0) is 26.7. The van der Waals surface area contributed by atoms with E-state index in [1.807, 2.05) is 32.9 Å². The molecule has 2 aromatic heterocycles. The number of thioether (sulfide) groups is 1. The molecule has 10 heteroatoms. The molecule has 0 aliphatic rings. The maximum atomic E-state index is 13.7. The molecule has 0 spiro atoms. The van der Waals surface area contributed by atoms with E-state index in [0.29, 0.717) is 39.7 Å². The third-order valence-electron chi connectivity index (χ3n) is 5.98. The summed E-state index contributed by atoms with van der Waals surface area (Å²) in [5, 5.41) is 3.38. The van der Waals surface area contributed by atoms with Crippen LogP contribution in [0.2, 0.25) is 0 Å². The first-order valence-corrected chi connectivity index (χ1v) is 13.4. The molecule has 194 valence electrons. The molecule has 0 saturated heterocycles. The Morgan fingerprint density at radius 1 is 1.16 bits per heavy atom. The number of methoxy groups -OCH3 is 2. The van der Waals surface area contributed by atoms with E-state index in [-0.39, 0.29) is 18.0 Å². The number of hydrogen-bond donors (Lipinski definition) is 1. The highest BCUT2D eigenvalue weighted by Crippen LogP contribution is 2.33. The number of nitrogens with zero attached hydrogens (tertiary/aromatic N) is 2. The van der Waals surface area contributed by atoms with Gasteiger partial charge in [-0.2, -0.15) is 0 Å². The fourth-order valence-electron chi connectivity index (χ4n) is 4.08. The number of halogens is 1. The zero-order valence-corrected chi connectivity index (χ0v) is 23.7. The Kier molecular flexibility index (Phi) is 8.29. The van der Waals surface area contributed by atoms with Crippen molar-refractivity contribution in [3.05, 3.63) is 74.4 Å². The normalized spacial score (nSPS) is 11.9. The van der Waals surface area contributed by atoms with Crippen LogP contribution in [-0.4, -0.2) is 34.9 Å². The van der Waals surface area contributed by atoms with Crippen molar-refractivity contribution < 1.29 is 18.7 Å². The van der Waals surface area contributed by atoms with Crippen LogP contribution >= 0.6 is 27.7 Å². The van der Waals surface area contributed by atoms with Gasteiger partial charge >= 0.3 is 0 Å². The maximum absolute atomic E-state index is 13.7. The topological polar surface area (TPSA) is 95.6 Å². The van der Waals surface area contributed by atoms with Crippen LogP contribution in [0.4, 0.5) is 5.69 Å². The average molecular weight is 587 g/mol. The van der Waals surface area contributed by atoms with Crippen LogP contribution in [0, 0.1) is 13.8 Å². The van der Waals surface area contributed by atoms with Crippen molar-refractivity contribution in [2.24, 2.45) is 0 Å². The van der Waals surface area contributed by atoms with E-state index in [1.54, 1.807) is 30.5 Å². The molecule has 4 aromatic rings. The van der Waals surface area contributed by atoms with Crippen molar-refractivity contribution >= 4 is 50.2 Å². The second-order valence-corrected chi connectivity index (χ2v) is 10.6. The van der Waals surface area contributed by atoms with E-state index in [9.17, 15) is 9.59 Å². The smallest absolute Gasteiger partial charge is 0.262 e. The number of anilines is 1. The standard InChI is InChI=1S/C27H28BrN3O5S/c1-6-23(25(32)30-24-15(2)10-17(28)11-16(24)3)37-27-29-20-13-22(35-5)21(34-4)12-19(20)26(33)31(27)14-18-8-7-9-36-18/h7-13,23H,6,14H2,1-5H3,(H,30,32)/t23-/m1/s1. The van der Waals surface area contributed by atoms with E-state index < -0.39 is 5.25 Å². The number of hydrogen-bond acceptors (Lipinski definition) is 7. The summed E-state index contributed by atoms with van der Waals surface area (Å²) in [6.07, 6.45) is 2.09. The van der Waals surface area contributed by atoms with Gasteiger partial charge in [0, 0.05) is 16.2 Å². The highest BCUT2D eigenvalue weighted by molar-refractivity contribution is 9.10. The molecule has 0 radical (unpaired) electrons. The molecule has 0 unspecified atom stereocenters. The number of furan rings is 1. The van der Waals surface area contributed by atoms with Gasteiger partial charge in [0.25, 0.3) is 5.56 Å². The van der Waals surface area contributed by atoms with Gasteiger partial charge in [0.05, 0.1) is 43.2 Å². The molecule has 2 aromatic carbocycles. The van der Waals surface area contributed by atoms with Gasteiger partial charge in [-0.3, -0.25) is 14.2 Å². The molecule has 1 N–H and O–H groups in total. The van der Waals surface area contributed by atoms with Gasteiger partial charge in [0.2, 0.25) is 5.91 Å². The maximum Gasteiger partial charge on any atom is 0.262 e. The van der Waals surface area contributed by atoms with Crippen LogP contribution in [0.5, 0.6) is 11.5 Å². The van der Waals surface area contributed by atoms with E-state index in [4.69, 9.17) is 18.9 Å². The second kappa shape index (κ2) is 11.4.